The summed E-state index contributed by atoms with van der Waals surface area (Å²) in [6, 6.07) is 20.8. The van der Waals surface area contributed by atoms with E-state index in [9.17, 15) is 14.7 Å². The van der Waals surface area contributed by atoms with Gasteiger partial charge in [0.15, 0.2) is 17.3 Å². The summed E-state index contributed by atoms with van der Waals surface area (Å²) < 4.78 is 11.9. The number of esters is 1. The molecule has 0 radical (unpaired) electrons. The van der Waals surface area contributed by atoms with Crippen LogP contribution in [-0.4, -0.2) is 30.1 Å². The highest BCUT2D eigenvalue weighted by Crippen LogP contribution is 2.48. The number of halogens is 2. The number of phenolic OH excluding ortho intramolecular Hbond substituents is 1. The number of Topliss-reactive ketones (excluding diaryl/α,β-unsaturated/α-hetero) is 1. The summed E-state index contributed by atoms with van der Waals surface area (Å²) in [6.45, 7) is 4.20. The molecule has 0 spiro atoms. The average molecular weight is 637 g/mol. The predicted molar refractivity (Wildman–Crippen MR) is 162 cm³/mol. The van der Waals surface area contributed by atoms with Crippen molar-refractivity contribution in [3.05, 3.63) is 115 Å². The van der Waals surface area contributed by atoms with Crippen LogP contribution >= 0.6 is 27.5 Å². The van der Waals surface area contributed by atoms with Gasteiger partial charge in [-0.1, -0.05) is 54.1 Å². The number of ketones is 1. The quantitative estimate of drug-likeness (QED) is 0.252. The van der Waals surface area contributed by atoms with Gasteiger partial charge in [-0.2, -0.15) is 0 Å². The molecule has 0 saturated heterocycles. The van der Waals surface area contributed by atoms with Crippen LogP contribution in [0.25, 0.3) is 0 Å². The van der Waals surface area contributed by atoms with E-state index >= 15 is 0 Å². The Morgan fingerprint density at radius 3 is 2.51 bits per heavy atom. The van der Waals surface area contributed by atoms with Crippen molar-refractivity contribution >= 4 is 39.3 Å². The van der Waals surface area contributed by atoms with Crippen molar-refractivity contribution in [2.24, 2.45) is 0 Å². The summed E-state index contributed by atoms with van der Waals surface area (Å²) in [5, 5.41) is 14.6. The molecule has 8 heteroatoms. The minimum atomic E-state index is -0.690. The molecular weight excluding hydrogens is 606 g/mol. The molecule has 41 heavy (non-hydrogen) atoms. The van der Waals surface area contributed by atoms with Gasteiger partial charge in [-0.3, -0.25) is 4.79 Å². The third-order valence-corrected chi connectivity index (χ3v) is 8.40. The number of aromatic hydroxyl groups is 1. The van der Waals surface area contributed by atoms with Crippen molar-refractivity contribution in [1.82, 2.24) is 5.32 Å². The lowest BCUT2D eigenvalue weighted by atomic mass is 9.71. The van der Waals surface area contributed by atoms with Gasteiger partial charge in [-0.05, 0) is 83.1 Å². The number of carbonyl (C=O) groups is 2. The van der Waals surface area contributed by atoms with Crippen LogP contribution in [0.2, 0.25) is 5.02 Å². The van der Waals surface area contributed by atoms with Gasteiger partial charge in [-0.15, -0.1) is 0 Å². The van der Waals surface area contributed by atoms with Crippen molar-refractivity contribution in [3.8, 4) is 11.5 Å². The Morgan fingerprint density at radius 2 is 1.80 bits per heavy atom. The average Bonchev–Trinajstić information content (AvgIpc) is 2.95. The number of hydrogen-bond donors (Lipinski definition) is 2. The Kier molecular flexibility index (Phi) is 8.85. The zero-order valence-electron chi connectivity index (χ0n) is 22.9. The van der Waals surface area contributed by atoms with E-state index in [1.807, 2.05) is 68.4 Å². The number of benzene rings is 3. The molecule has 0 unspecified atom stereocenters. The molecule has 0 fully saturated rings. The summed E-state index contributed by atoms with van der Waals surface area (Å²) in [7, 11) is 0. The molecule has 0 aromatic heterocycles. The van der Waals surface area contributed by atoms with Crippen LogP contribution in [0.15, 0.2) is 93.7 Å². The Bertz CT molecular complexity index is 1530. The lowest BCUT2D eigenvalue weighted by molar-refractivity contribution is -0.139. The maximum atomic E-state index is 13.9. The van der Waals surface area contributed by atoms with Crippen LogP contribution in [0.4, 0.5) is 0 Å². The third-order valence-electron chi connectivity index (χ3n) is 7.54. The van der Waals surface area contributed by atoms with Crippen LogP contribution in [-0.2, 0) is 20.7 Å². The highest BCUT2D eigenvalue weighted by molar-refractivity contribution is 9.10. The van der Waals surface area contributed by atoms with Crippen LogP contribution in [0.1, 0.15) is 55.2 Å². The molecule has 5 rings (SSSR count). The normalized spacial score (nSPS) is 18.6. The Hall–Kier alpha value is -3.55. The molecule has 2 aliphatic rings. The van der Waals surface area contributed by atoms with E-state index in [2.05, 4.69) is 21.2 Å². The van der Waals surface area contributed by atoms with Crippen molar-refractivity contribution < 1.29 is 24.2 Å². The Labute approximate surface area is 253 Å². The molecule has 3 aromatic carbocycles. The molecule has 1 aliphatic heterocycles. The van der Waals surface area contributed by atoms with E-state index in [-0.39, 0.29) is 29.8 Å². The first-order valence-electron chi connectivity index (χ1n) is 13.6. The fraction of sp³-hybridized carbons (Fsp3) is 0.273. The number of ether oxygens (including phenoxy) is 2. The number of allylic oxidation sites excluding steroid dienone is 3. The summed E-state index contributed by atoms with van der Waals surface area (Å²) in [5.41, 5.74) is 5.07. The van der Waals surface area contributed by atoms with Crippen molar-refractivity contribution in [3.63, 3.8) is 0 Å². The second-order valence-corrected chi connectivity index (χ2v) is 11.5. The summed E-state index contributed by atoms with van der Waals surface area (Å²) in [4.78, 5) is 27.6. The number of hydrogen-bond acceptors (Lipinski definition) is 6. The first kappa shape index (κ1) is 29.0. The van der Waals surface area contributed by atoms with Gasteiger partial charge < -0.3 is 19.9 Å². The van der Waals surface area contributed by atoms with Gasteiger partial charge in [0.2, 0.25) is 0 Å². The van der Waals surface area contributed by atoms with Gasteiger partial charge in [0.05, 0.1) is 23.3 Å². The molecule has 1 aliphatic carbocycles. The lowest BCUT2D eigenvalue weighted by Crippen LogP contribution is -2.36. The van der Waals surface area contributed by atoms with E-state index in [1.54, 1.807) is 12.1 Å². The molecule has 0 saturated carbocycles. The van der Waals surface area contributed by atoms with Crippen LogP contribution < -0.4 is 10.1 Å². The van der Waals surface area contributed by atoms with Gasteiger partial charge >= 0.3 is 5.97 Å². The Morgan fingerprint density at radius 1 is 1.07 bits per heavy atom. The van der Waals surface area contributed by atoms with Gasteiger partial charge in [-0.25, -0.2) is 4.79 Å². The molecule has 1 heterocycles. The van der Waals surface area contributed by atoms with Gasteiger partial charge in [0.25, 0.3) is 0 Å². The van der Waals surface area contributed by atoms with Crippen LogP contribution in [0.5, 0.6) is 11.5 Å². The molecule has 0 bridgehead atoms. The minimum Gasteiger partial charge on any atom is -0.503 e. The fourth-order valence-corrected chi connectivity index (χ4v) is 6.21. The maximum absolute atomic E-state index is 13.9. The first-order valence-corrected chi connectivity index (χ1v) is 14.8. The van der Waals surface area contributed by atoms with E-state index in [4.69, 9.17) is 21.1 Å². The first-order chi connectivity index (χ1) is 19.8. The zero-order chi connectivity index (χ0) is 29.1. The molecular formula is C33H31BrClNO5. The van der Waals surface area contributed by atoms with E-state index in [1.165, 1.54) is 0 Å². The van der Waals surface area contributed by atoms with Crippen molar-refractivity contribution in [2.75, 3.05) is 13.2 Å². The largest absolute Gasteiger partial charge is 0.503 e. The molecule has 6 nitrogen and oxygen atoms in total. The third kappa shape index (κ3) is 6.21. The van der Waals surface area contributed by atoms with Gasteiger partial charge in [0.1, 0.15) is 0 Å². The number of phenols is 1. The van der Waals surface area contributed by atoms with E-state index < -0.39 is 11.9 Å². The van der Waals surface area contributed by atoms with Crippen molar-refractivity contribution in [1.29, 1.82) is 0 Å². The summed E-state index contributed by atoms with van der Waals surface area (Å²) in [6.07, 6.45) is 1.47. The number of nitrogens with one attached hydrogen (secondary N) is 1. The van der Waals surface area contributed by atoms with Crippen LogP contribution in [0.3, 0.4) is 0 Å². The monoisotopic (exact) mass is 635 g/mol. The SMILES string of the molecule is CCOc1cc([C@H]2C(C(=O)OCCc3ccccc3)=C(C)NC3=C2C(=O)C[C@H](c2ccc(Cl)cc2)C3)cc(Br)c1O. The smallest absolute Gasteiger partial charge is 0.336 e. The van der Waals surface area contributed by atoms with Crippen molar-refractivity contribution in [2.45, 2.75) is 44.9 Å². The Balaban J connectivity index is 1.53. The van der Waals surface area contributed by atoms with Gasteiger partial charge in [0, 0.05) is 40.7 Å². The van der Waals surface area contributed by atoms with E-state index in [0.29, 0.717) is 57.8 Å². The minimum absolute atomic E-state index is 0.0237. The topological polar surface area (TPSA) is 84.9 Å². The van der Waals surface area contributed by atoms with Crippen LogP contribution in [0, 0.1) is 0 Å². The number of carbonyl (C=O) groups excluding carboxylic acids is 2. The molecule has 3 aromatic rings. The van der Waals surface area contributed by atoms with E-state index in [0.717, 1.165) is 16.8 Å². The summed E-state index contributed by atoms with van der Waals surface area (Å²) in [5.74, 6) is -1.02. The molecule has 2 N–H and O–H groups in total. The molecule has 2 atom stereocenters. The molecule has 0 amide bonds. The highest BCUT2D eigenvalue weighted by atomic mass is 79.9. The number of rotatable bonds is 8. The second-order valence-electron chi connectivity index (χ2n) is 10.2. The lowest BCUT2D eigenvalue weighted by Gasteiger charge is -2.37. The predicted octanol–water partition coefficient (Wildman–Crippen LogP) is 7.35. The zero-order valence-corrected chi connectivity index (χ0v) is 25.2. The molecule has 212 valence electrons. The maximum Gasteiger partial charge on any atom is 0.336 e. The second kappa shape index (κ2) is 12.5. The standard InChI is InChI=1S/C33H31BrClNO5/c1-3-40-28-18-23(15-25(34)32(28)38)30-29(33(39)41-14-13-20-7-5-4-6-8-20)19(2)36-26-16-22(17-27(37)31(26)30)21-9-11-24(35)12-10-21/h4-12,15,18,22,30,36,38H,3,13-14,16-17H2,1-2H3/t22-,30+/m1/s1. The number of dihydropyridines is 1. The summed E-state index contributed by atoms with van der Waals surface area (Å²) >= 11 is 9.53. The highest BCUT2D eigenvalue weighted by Gasteiger charge is 2.42. The fourth-order valence-electron chi connectivity index (χ4n) is 5.62.